The number of rotatable bonds is 3. The summed E-state index contributed by atoms with van der Waals surface area (Å²) in [5, 5.41) is 3.40. The molecule has 12 heavy (non-hydrogen) atoms. The van der Waals surface area contributed by atoms with Crippen molar-refractivity contribution in [3.05, 3.63) is 0 Å². The van der Waals surface area contributed by atoms with Gasteiger partial charge < -0.3 is 5.32 Å². The SMILES string of the molecule is CCNC1CCCCC1C(C)=O. The summed E-state index contributed by atoms with van der Waals surface area (Å²) in [6.07, 6.45) is 4.78. The molecule has 2 nitrogen and oxygen atoms in total. The lowest BCUT2D eigenvalue weighted by Gasteiger charge is -2.30. The van der Waals surface area contributed by atoms with E-state index in [1.165, 1.54) is 19.3 Å². The summed E-state index contributed by atoms with van der Waals surface area (Å²) < 4.78 is 0. The molecule has 0 heterocycles. The Morgan fingerprint density at radius 1 is 1.42 bits per heavy atom. The lowest BCUT2D eigenvalue weighted by Crippen LogP contribution is -2.41. The van der Waals surface area contributed by atoms with Crippen molar-refractivity contribution in [3.63, 3.8) is 0 Å². The molecule has 0 aliphatic heterocycles. The molecule has 0 amide bonds. The molecular formula is C10H19NO. The zero-order valence-electron chi connectivity index (χ0n) is 8.10. The molecule has 1 N–H and O–H groups in total. The molecule has 1 aliphatic rings. The van der Waals surface area contributed by atoms with Crippen LogP contribution in [0.2, 0.25) is 0 Å². The fourth-order valence-corrected chi connectivity index (χ4v) is 2.12. The number of nitrogens with one attached hydrogen (secondary N) is 1. The van der Waals surface area contributed by atoms with Gasteiger partial charge in [-0.05, 0) is 26.3 Å². The molecule has 1 rings (SSSR count). The third kappa shape index (κ3) is 2.31. The Labute approximate surface area is 74.7 Å². The molecule has 0 aromatic carbocycles. The molecule has 0 aromatic heterocycles. The van der Waals surface area contributed by atoms with E-state index in [0.717, 1.165) is 13.0 Å². The number of carbonyl (C=O) groups excluding carboxylic acids is 1. The maximum atomic E-state index is 11.2. The highest BCUT2D eigenvalue weighted by molar-refractivity contribution is 5.79. The summed E-state index contributed by atoms with van der Waals surface area (Å²) in [6, 6.07) is 0.459. The lowest BCUT2D eigenvalue weighted by atomic mass is 9.82. The smallest absolute Gasteiger partial charge is 0.134 e. The van der Waals surface area contributed by atoms with Gasteiger partial charge in [-0.15, -0.1) is 0 Å². The van der Waals surface area contributed by atoms with Crippen molar-refractivity contribution < 1.29 is 4.79 Å². The van der Waals surface area contributed by atoms with E-state index in [4.69, 9.17) is 0 Å². The molecule has 1 saturated carbocycles. The first-order valence-electron chi connectivity index (χ1n) is 4.99. The van der Waals surface area contributed by atoms with Crippen molar-refractivity contribution in [2.45, 2.75) is 45.6 Å². The van der Waals surface area contributed by atoms with Crippen LogP contribution in [0.15, 0.2) is 0 Å². The molecule has 0 aromatic rings. The van der Waals surface area contributed by atoms with Crippen LogP contribution < -0.4 is 5.32 Å². The number of ketones is 1. The fraction of sp³-hybridized carbons (Fsp3) is 0.900. The van der Waals surface area contributed by atoms with Gasteiger partial charge in [0.15, 0.2) is 0 Å². The Morgan fingerprint density at radius 2 is 2.08 bits per heavy atom. The molecule has 0 saturated heterocycles. The van der Waals surface area contributed by atoms with Crippen molar-refractivity contribution in [2.24, 2.45) is 5.92 Å². The zero-order chi connectivity index (χ0) is 8.97. The summed E-state index contributed by atoms with van der Waals surface area (Å²) in [5.74, 6) is 0.652. The van der Waals surface area contributed by atoms with Crippen LogP contribution in [0.25, 0.3) is 0 Å². The fourth-order valence-electron chi connectivity index (χ4n) is 2.12. The van der Waals surface area contributed by atoms with Crippen molar-refractivity contribution in [1.82, 2.24) is 5.32 Å². The molecule has 70 valence electrons. The van der Waals surface area contributed by atoms with Crippen LogP contribution in [0, 0.1) is 5.92 Å². The average Bonchev–Trinajstić information content (AvgIpc) is 2.05. The normalized spacial score (nSPS) is 30.2. The second kappa shape index (κ2) is 4.61. The van der Waals surface area contributed by atoms with E-state index in [1.807, 2.05) is 0 Å². The predicted octanol–water partition coefficient (Wildman–Crippen LogP) is 1.74. The molecule has 0 bridgehead atoms. The first-order chi connectivity index (χ1) is 5.75. The van der Waals surface area contributed by atoms with Gasteiger partial charge in [0.05, 0.1) is 0 Å². The first-order valence-corrected chi connectivity index (χ1v) is 4.99. The third-order valence-corrected chi connectivity index (χ3v) is 2.75. The Balaban J connectivity index is 2.48. The minimum Gasteiger partial charge on any atom is -0.314 e. The second-order valence-corrected chi connectivity index (χ2v) is 3.67. The van der Waals surface area contributed by atoms with E-state index < -0.39 is 0 Å². The maximum Gasteiger partial charge on any atom is 0.134 e. The minimum absolute atomic E-state index is 0.290. The van der Waals surface area contributed by atoms with Crippen molar-refractivity contribution in [1.29, 1.82) is 0 Å². The Hall–Kier alpha value is -0.370. The number of Topliss-reactive ketones (excluding diaryl/α,β-unsaturated/α-hetero) is 1. The van der Waals surface area contributed by atoms with Gasteiger partial charge in [-0.2, -0.15) is 0 Å². The first kappa shape index (κ1) is 9.72. The van der Waals surface area contributed by atoms with E-state index in [9.17, 15) is 4.79 Å². The standard InChI is InChI=1S/C10H19NO/c1-3-11-10-7-5-4-6-9(10)8(2)12/h9-11H,3-7H2,1-2H3. The average molecular weight is 169 g/mol. The van der Waals surface area contributed by atoms with Gasteiger partial charge >= 0.3 is 0 Å². The Morgan fingerprint density at radius 3 is 2.67 bits per heavy atom. The number of carbonyl (C=O) groups is 1. The molecule has 0 spiro atoms. The Bertz CT molecular complexity index is 154. The highest BCUT2D eigenvalue weighted by atomic mass is 16.1. The van der Waals surface area contributed by atoms with Crippen LogP contribution in [0.3, 0.4) is 0 Å². The maximum absolute atomic E-state index is 11.2. The number of hydrogen-bond acceptors (Lipinski definition) is 2. The number of hydrogen-bond donors (Lipinski definition) is 1. The van der Waals surface area contributed by atoms with Gasteiger partial charge in [-0.1, -0.05) is 19.8 Å². The van der Waals surface area contributed by atoms with E-state index in [0.29, 0.717) is 17.7 Å². The molecule has 1 fully saturated rings. The molecule has 2 heteroatoms. The molecular weight excluding hydrogens is 150 g/mol. The quantitative estimate of drug-likeness (QED) is 0.697. The van der Waals surface area contributed by atoms with Gasteiger partial charge in [-0.25, -0.2) is 0 Å². The van der Waals surface area contributed by atoms with Crippen LogP contribution in [0.4, 0.5) is 0 Å². The molecule has 0 radical (unpaired) electrons. The summed E-state index contributed by atoms with van der Waals surface area (Å²) in [7, 11) is 0. The van der Waals surface area contributed by atoms with Crippen LogP contribution in [-0.2, 0) is 4.79 Å². The van der Waals surface area contributed by atoms with Crippen LogP contribution in [-0.4, -0.2) is 18.4 Å². The van der Waals surface area contributed by atoms with Crippen LogP contribution >= 0.6 is 0 Å². The van der Waals surface area contributed by atoms with Crippen LogP contribution in [0.5, 0.6) is 0 Å². The van der Waals surface area contributed by atoms with E-state index in [2.05, 4.69) is 12.2 Å². The Kier molecular flexibility index (Phi) is 3.73. The van der Waals surface area contributed by atoms with Gasteiger partial charge in [0.25, 0.3) is 0 Å². The summed E-state index contributed by atoms with van der Waals surface area (Å²) in [6.45, 7) is 4.81. The van der Waals surface area contributed by atoms with Gasteiger partial charge in [-0.3, -0.25) is 4.79 Å². The zero-order valence-corrected chi connectivity index (χ0v) is 8.10. The lowest BCUT2D eigenvalue weighted by molar-refractivity contribution is -0.122. The van der Waals surface area contributed by atoms with Crippen molar-refractivity contribution >= 4 is 5.78 Å². The van der Waals surface area contributed by atoms with Gasteiger partial charge in [0.2, 0.25) is 0 Å². The molecule has 1 aliphatic carbocycles. The van der Waals surface area contributed by atoms with Gasteiger partial charge in [0.1, 0.15) is 5.78 Å². The van der Waals surface area contributed by atoms with E-state index >= 15 is 0 Å². The van der Waals surface area contributed by atoms with Crippen molar-refractivity contribution in [2.75, 3.05) is 6.54 Å². The monoisotopic (exact) mass is 169 g/mol. The van der Waals surface area contributed by atoms with Crippen LogP contribution in [0.1, 0.15) is 39.5 Å². The van der Waals surface area contributed by atoms with Gasteiger partial charge in [0, 0.05) is 12.0 Å². The summed E-state index contributed by atoms with van der Waals surface area (Å²) in [4.78, 5) is 11.2. The van der Waals surface area contributed by atoms with E-state index in [1.54, 1.807) is 6.92 Å². The highest BCUT2D eigenvalue weighted by Gasteiger charge is 2.27. The molecule has 2 unspecified atom stereocenters. The molecule has 2 atom stereocenters. The van der Waals surface area contributed by atoms with E-state index in [-0.39, 0.29) is 0 Å². The predicted molar refractivity (Wildman–Crippen MR) is 50.1 cm³/mol. The minimum atomic E-state index is 0.290. The third-order valence-electron chi connectivity index (χ3n) is 2.75. The topological polar surface area (TPSA) is 29.1 Å². The van der Waals surface area contributed by atoms with Crippen molar-refractivity contribution in [3.8, 4) is 0 Å². The summed E-state index contributed by atoms with van der Waals surface area (Å²) >= 11 is 0. The summed E-state index contributed by atoms with van der Waals surface area (Å²) in [5.41, 5.74) is 0. The second-order valence-electron chi connectivity index (χ2n) is 3.67. The highest BCUT2D eigenvalue weighted by Crippen LogP contribution is 2.24. The largest absolute Gasteiger partial charge is 0.314 e.